The van der Waals surface area contributed by atoms with E-state index in [1.807, 2.05) is 0 Å². The van der Waals surface area contributed by atoms with E-state index in [2.05, 4.69) is 29.6 Å². The molecule has 0 radical (unpaired) electrons. The highest BCUT2D eigenvalue weighted by molar-refractivity contribution is 5.34. The summed E-state index contributed by atoms with van der Waals surface area (Å²) in [5.41, 5.74) is 3.22. The van der Waals surface area contributed by atoms with Crippen molar-refractivity contribution in [1.82, 2.24) is 5.32 Å². The molecule has 0 saturated carbocycles. The van der Waals surface area contributed by atoms with Gasteiger partial charge in [0, 0.05) is 6.04 Å². The first-order valence-electron chi connectivity index (χ1n) is 5.76. The van der Waals surface area contributed by atoms with Crippen LogP contribution in [0.25, 0.3) is 0 Å². The van der Waals surface area contributed by atoms with Crippen LogP contribution in [0.2, 0.25) is 0 Å². The predicted octanol–water partition coefficient (Wildman–Crippen LogP) is 2.47. The van der Waals surface area contributed by atoms with Crippen molar-refractivity contribution in [3.8, 4) is 0 Å². The summed E-state index contributed by atoms with van der Waals surface area (Å²) in [6.07, 6.45) is 5.33. The molecule has 0 amide bonds. The molecule has 1 heteroatoms. The van der Waals surface area contributed by atoms with Crippen molar-refractivity contribution in [3.05, 3.63) is 35.4 Å². The topological polar surface area (TPSA) is 12.0 Å². The van der Waals surface area contributed by atoms with Crippen LogP contribution in [0.5, 0.6) is 0 Å². The maximum Gasteiger partial charge on any atom is 0.0139 e. The molecule has 1 nitrogen and oxygen atoms in total. The van der Waals surface area contributed by atoms with Crippen LogP contribution < -0.4 is 5.32 Å². The highest BCUT2D eigenvalue weighted by Gasteiger charge is 2.30. The standard InChI is InChI=1S/C13H17N/c1-2-5-11-10(4-1)7-8-13-12(11)6-3-9-14-13/h1-2,4-5,12-14H,3,6-9H2/t12-,13+/m0/s1. The predicted molar refractivity (Wildman–Crippen MR) is 58.5 cm³/mol. The molecule has 2 atom stereocenters. The molecule has 1 aliphatic carbocycles. The fourth-order valence-electron chi connectivity index (χ4n) is 3.06. The van der Waals surface area contributed by atoms with Gasteiger partial charge in [0.2, 0.25) is 0 Å². The molecule has 1 fully saturated rings. The zero-order valence-corrected chi connectivity index (χ0v) is 8.50. The first kappa shape index (κ1) is 8.49. The van der Waals surface area contributed by atoms with Crippen molar-refractivity contribution in [3.63, 3.8) is 0 Å². The summed E-state index contributed by atoms with van der Waals surface area (Å²) in [6, 6.07) is 9.77. The van der Waals surface area contributed by atoms with E-state index < -0.39 is 0 Å². The second-order valence-electron chi connectivity index (χ2n) is 4.55. The summed E-state index contributed by atoms with van der Waals surface area (Å²) in [7, 11) is 0. The van der Waals surface area contributed by atoms with Crippen LogP contribution in [-0.4, -0.2) is 12.6 Å². The van der Waals surface area contributed by atoms with Gasteiger partial charge >= 0.3 is 0 Å². The van der Waals surface area contributed by atoms with Gasteiger partial charge in [0.25, 0.3) is 0 Å². The zero-order chi connectivity index (χ0) is 9.38. The van der Waals surface area contributed by atoms with Crippen molar-refractivity contribution in [1.29, 1.82) is 0 Å². The van der Waals surface area contributed by atoms with E-state index in [4.69, 9.17) is 0 Å². The molecule has 0 unspecified atom stereocenters. The minimum Gasteiger partial charge on any atom is -0.313 e. The van der Waals surface area contributed by atoms with Crippen molar-refractivity contribution >= 4 is 0 Å². The third kappa shape index (κ3) is 1.27. The molecule has 0 aromatic heterocycles. The number of fused-ring (bicyclic) bond motifs is 3. The SMILES string of the molecule is c1ccc2c(c1)CC[C@H]1NCCC[C@@H]21. The Morgan fingerprint density at radius 2 is 2.07 bits per heavy atom. The molecule has 14 heavy (non-hydrogen) atoms. The van der Waals surface area contributed by atoms with Crippen molar-refractivity contribution in [2.24, 2.45) is 0 Å². The first-order valence-corrected chi connectivity index (χ1v) is 5.76. The summed E-state index contributed by atoms with van der Waals surface area (Å²) >= 11 is 0. The fourth-order valence-corrected chi connectivity index (χ4v) is 3.06. The Hall–Kier alpha value is -0.820. The smallest absolute Gasteiger partial charge is 0.0139 e. The van der Waals surface area contributed by atoms with Crippen LogP contribution in [0.4, 0.5) is 0 Å². The lowest BCUT2D eigenvalue weighted by Gasteiger charge is -2.37. The monoisotopic (exact) mass is 187 g/mol. The van der Waals surface area contributed by atoms with E-state index in [0.717, 1.165) is 12.0 Å². The number of rotatable bonds is 0. The number of piperidine rings is 1. The van der Waals surface area contributed by atoms with Crippen LogP contribution >= 0.6 is 0 Å². The van der Waals surface area contributed by atoms with Crippen molar-refractivity contribution < 1.29 is 0 Å². The summed E-state index contributed by atoms with van der Waals surface area (Å²) in [6.45, 7) is 1.23. The second-order valence-corrected chi connectivity index (χ2v) is 4.55. The van der Waals surface area contributed by atoms with Gasteiger partial charge in [-0.15, -0.1) is 0 Å². The molecule has 2 aliphatic rings. The van der Waals surface area contributed by atoms with E-state index in [-0.39, 0.29) is 0 Å². The summed E-state index contributed by atoms with van der Waals surface area (Å²) in [4.78, 5) is 0. The van der Waals surface area contributed by atoms with Gasteiger partial charge in [-0.1, -0.05) is 24.3 Å². The number of nitrogens with one attached hydrogen (secondary N) is 1. The molecule has 1 heterocycles. The maximum absolute atomic E-state index is 3.66. The Morgan fingerprint density at radius 1 is 1.14 bits per heavy atom. The van der Waals surface area contributed by atoms with Crippen LogP contribution in [0.3, 0.4) is 0 Å². The zero-order valence-electron chi connectivity index (χ0n) is 8.50. The molecule has 1 aromatic carbocycles. The molecule has 74 valence electrons. The highest BCUT2D eigenvalue weighted by atomic mass is 14.9. The summed E-state index contributed by atoms with van der Waals surface area (Å²) < 4.78 is 0. The van der Waals surface area contributed by atoms with Crippen LogP contribution in [0.15, 0.2) is 24.3 Å². The Morgan fingerprint density at radius 3 is 3.07 bits per heavy atom. The summed E-state index contributed by atoms with van der Waals surface area (Å²) in [5, 5.41) is 3.66. The summed E-state index contributed by atoms with van der Waals surface area (Å²) in [5.74, 6) is 0.800. The Balaban J connectivity index is 1.99. The van der Waals surface area contributed by atoms with E-state index in [0.29, 0.717) is 0 Å². The molecule has 1 aliphatic heterocycles. The molecule has 0 bridgehead atoms. The third-order valence-corrected chi connectivity index (χ3v) is 3.76. The molecular weight excluding hydrogens is 170 g/mol. The lowest BCUT2D eigenvalue weighted by atomic mass is 9.75. The molecule has 1 N–H and O–H groups in total. The van der Waals surface area contributed by atoms with Gasteiger partial charge < -0.3 is 5.32 Å². The average Bonchev–Trinajstić information content (AvgIpc) is 2.29. The van der Waals surface area contributed by atoms with E-state index >= 15 is 0 Å². The van der Waals surface area contributed by atoms with Gasteiger partial charge in [-0.05, 0) is 49.3 Å². The minimum atomic E-state index is 0.763. The van der Waals surface area contributed by atoms with Crippen molar-refractivity contribution in [2.75, 3.05) is 6.54 Å². The average molecular weight is 187 g/mol. The van der Waals surface area contributed by atoms with Gasteiger partial charge in [-0.25, -0.2) is 0 Å². The molecular formula is C13H17N. The largest absolute Gasteiger partial charge is 0.313 e. The molecule has 0 spiro atoms. The Bertz CT molecular complexity index is 332. The second kappa shape index (κ2) is 3.39. The van der Waals surface area contributed by atoms with E-state index in [1.54, 1.807) is 11.1 Å². The van der Waals surface area contributed by atoms with Crippen LogP contribution in [0, 0.1) is 0 Å². The van der Waals surface area contributed by atoms with Crippen molar-refractivity contribution in [2.45, 2.75) is 37.6 Å². The van der Waals surface area contributed by atoms with Gasteiger partial charge in [-0.3, -0.25) is 0 Å². The third-order valence-electron chi connectivity index (χ3n) is 3.76. The maximum atomic E-state index is 3.66. The number of aryl methyl sites for hydroxylation is 1. The highest BCUT2D eigenvalue weighted by Crippen LogP contribution is 2.36. The van der Waals surface area contributed by atoms with Gasteiger partial charge in [0.1, 0.15) is 0 Å². The lowest BCUT2D eigenvalue weighted by Crippen LogP contribution is -2.42. The van der Waals surface area contributed by atoms with Gasteiger partial charge in [0.05, 0.1) is 0 Å². The normalized spacial score (nSPS) is 30.6. The first-order chi connectivity index (χ1) is 6.95. The van der Waals surface area contributed by atoms with Gasteiger partial charge in [-0.2, -0.15) is 0 Å². The molecule has 3 rings (SSSR count). The Kier molecular flexibility index (Phi) is 2.06. The molecule has 1 saturated heterocycles. The number of hydrogen-bond acceptors (Lipinski definition) is 1. The Labute approximate surface area is 85.5 Å². The van der Waals surface area contributed by atoms with Crippen LogP contribution in [0.1, 0.15) is 36.3 Å². The quantitative estimate of drug-likeness (QED) is 0.658. The minimum absolute atomic E-state index is 0.763. The van der Waals surface area contributed by atoms with E-state index in [9.17, 15) is 0 Å². The number of benzene rings is 1. The van der Waals surface area contributed by atoms with E-state index in [1.165, 1.54) is 32.2 Å². The molecule has 1 aromatic rings. The van der Waals surface area contributed by atoms with Gasteiger partial charge in [0.15, 0.2) is 0 Å². The lowest BCUT2D eigenvalue weighted by molar-refractivity contribution is 0.319. The van der Waals surface area contributed by atoms with Crippen LogP contribution in [-0.2, 0) is 6.42 Å². The number of hydrogen-bond donors (Lipinski definition) is 1. The fraction of sp³-hybridized carbons (Fsp3) is 0.538.